The van der Waals surface area contributed by atoms with E-state index < -0.39 is 11.9 Å². The molecule has 4 aromatic carbocycles. The second kappa shape index (κ2) is 9.06. The molecule has 32 heavy (non-hydrogen) atoms. The number of nitrogen functional groups attached to an aromatic ring is 2. The zero-order valence-corrected chi connectivity index (χ0v) is 17.0. The number of hydrogen-bond acceptors (Lipinski definition) is 6. The third-order valence-electron chi connectivity index (χ3n) is 4.76. The summed E-state index contributed by atoms with van der Waals surface area (Å²) in [7, 11) is 0. The van der Waals surface area contributed by atoms with Crippen molar-refractivity contribution in [1.82, 2.24) is 0 Å². The summed E-state index contributed by atoms with van der Waals surface area (Å²) in [5, 5.41) is 0. The molecule has 0 aliphatic heterocycles. The molecule has 0 saturated carbocycles. The van der Waals surface area contributed by atoms with Crippen LogP contribution < -0.4 is 20.9 Å². The summed E-state index contributed by atoms with van der Waals surface area (Å²) in [6, 6.07) is 27.0. The number of anilines is 2. The van der Waals surface area contributed by atoms with Crippen LogP contribution >= 0.6 is 0 Å². The standard InChI is InChI=1S/C26H20N2O4/c27-19-13-9-17(10-14-19)25(29)31-23-7-3-1-5-21(23)22-6-2-4-8-24(22)32-26(30)18-11-15-20(28)16-12-18/h1-16H,27-28H2. The van der Waals surface area contributed by atoms with Crippen molar-refractivity contribution in [2.45, 2.75) is 0 Å². The molecule has 0 fully saturated rings. The molecule has 0 bridgehead atoms. The molecule has 4 rings (SSSR count). The number of para-hydroxylation sites is 2. The number of ether oxygens (including phenoxy) is 2. The SMILES string of the molecule is Nc1ccc(C(=O)Oc2ccccc2-c2ccccc2OC(=O)c2ccc(N)cc2)cc1. The minimum absolute atomic E-state index is 0.338. The largest absolute Gasteiger partial charge is 0.422 e. The van der Waals surface area contributed by atoms with E-state index in [0.717, 1.165) is 0 Å². The normalized spacial score (nSPS) is 10.4. The van der Waals surface area contributed by atoms with E-state index in [-0.39, 0.29) is 0 Å². The van der Waals surface area contributed by atoms with Gasteiger partial charge in [0.2, 0.25) is 0 Å². The highest BCUT2D eigenvalue weighted by Gasteiger charge is 2.17. The minimum Gasteiger partial charge on any atom is -0.422 e. The van der Waals surface area contributed by atoms with E-state index in [4.69, 9.17) is 20.9 Å². The summed E-state index contributed by atoms with van der Waals surface area (Å²) in [5.74, 6) is -0.363. The van der Waals surface area contributed by atoms with Crippen molar-refractivity contribution in [1.29, 1.82) is 0 Å². The van der Waals surface area contributed by atoms with Crippen molar-refractivity contribution in [3.05, 3.63) is 108 Å². The van der Waals surface area contributed by atoms with Crippen molar-refractivity contribution < 1.29 is 19.1 Å². The molecular formula is C26H20N2O4. The first-order chi connectivity index (χ1) is 15.5. The highest BCUT2D eigenvalue weighted by Crippen LogP contribution is 2.37. The lowest BCUT2D eigenvalue weighted by molar-refractivity contribution is 0.0723. The van der Waals surface area contributed by atoms with E-state index in [1.165, 1.54) is 0 Å². The Morgan fingerprint density at radius 1 is 0.500 bits per heavy atom. The van der Waals surface area contributed by atoms with Gasteiger partial charge >= 0.3 is 11.9 Å². The molecule has 158 valence electrons. The molecule has 0 aliphatic rings. The van der Waals surface area contributed by atoms with Gasteiger partial charge in [-0.15, -0.1) is 0 Å². The fourth-order valence-corrected chi connectivity index (χ4v) is 3.11. The second-order valence-corrected chi connectivity index (χ2v) is 7.02. The van der Waals surface area contributed by atoms with Gasteiger partial charge in [0.1, 0.15) is 11.5 Å². The lowest BCUT2D eigenvalue weighted by Crippen LogP contribution is -2.10. The molecule has 0 saturated heterocycles. The number of carbonyl (C=O) groups is 2. The third kappa shape index (κ3) is 4.60. The van der Waals surface area contributed by atoms with Gasteiger partial charge in [0.05, 0.1) is 11.1 Å². The molecule has 0 aliphatic carbocycles. The molecule has 0 heterocycles. The fourth-order valence-electron chi connectivity index (χ4n) is 3.11. The number of carbonyl (C=O) groups excluding carboxylic acids is 2. The maximum atomic E-state index is 12.6. The first kappa shape index (κ1) is 20.7. The Labute approximate surface area is 185 Å². The molecule has 0 radical (unpaired) electrons. The van der Waals surface area contributed by atoms with Gasteiger partial charge in [-0.2, -0.15) is 0 Å². The van der Waals surface area contributed by atoms with Crippen molar-refractivity contribution in [2.75, 3.05) is 11.5 Å². The smallest absolute Gasteiger partial charge is 0.343 e. The Bertz CT molecular complexity index is 1160. The highest BCUT2D eigenvalue weighted by atomic mass is 16.5. The summed E-state index contributed by atoms with van der Waals surface area (Å²) in [4.78, 5) is 25.3. The van der Waals surface area contributed by atoms with Crippen molar-refractivity contribution in [2.24, 2.45) is 0 Å². The molecule has 0 spiro atoms. The zero-order chi connectivity index (χ0) is 22.5. The minimum atomic E-state index is -0.520. The van der Waals surface area contributed by atoms with Crippen LogP contribution in [0.4, 0.5) is 11.4 Å². The van der Waals surface area contributed by atoms with Crippen LogP contribution in [0.2, 0.25) is 0 Å². The maximum absolute atomic E-state index is 12.6. The maximum Gasteiger partial charge on any atom is 0.343 e. The molecule has 6 nitrogen and oxygen atoms in total. The molecule has 0 aromatic heterocycles. The van der Waals surface area contributed by atoms with Crippen LogP contribution in [0.25, 0.3) is 11.1 Å². The van der Waals surface area contributed by atoms with Crippen molar-refractivity contribution in [3.8, 4) is 22.6 Å². The van der Waals surface area contributed by atoms with Crippen LogP contribution in [-0.2, 0) is 0 Å². The van der Waals surface area contributed by atoms with Gasteiger partial charge in [-0.05, 0) is 60.7 Å². The van der Waals surface area contributed by atoms with Crippen LogP contribution in [-0.4, -0.2) is 11.9 Å². The number of hydrogen-bond donors (Lipinski definition) is 2. The van der Waals surface area contributed by atoms with Crippen LogP contribution in [0, 0.1) is 0 Å². The van der Waals surface area contributed by atoms with Gasteiger partial charge in [0, 0.05) is 22.5 Å². The topological polar surface area (TPSA) is 105 Å². The Morgan fingerprint density at radius 2 is 0.844 bits per heavy atom. The Kier molecular flexibility index (Phi) is 5.85. The quantitative estimate of drug-likeness (QED) is 0.267. The lowest BCUT2D eigenvalue weighted by Gasteiger charge is -2.14. The monoisotopic (exact) mass is 424 g/mol. The van der Waals surface area contributed by atoms with E-state index in [1.54, 1.807) is 84.9 Å². The molecule has 4 N–H and O–H groups in total. The van der Waals surface area contributed by atoms with Gasteiger partial charge < -0.3 is 20.9 Å². The van der Waals surface area contributed by atoms with Crippen LogP contribution in [0.15, 0.2) is 97.1 Å². The van der Waals surface area contributed by atoms with Gasteiger partial charge in [0.15, 0.2) is 0 Å². The van der Waals surface area contributed by atoms with Crippen LogP contribution in [0.1, 0.15) is 20.7 Å². The Hall–Kier alpha value is -4.58. The predicted molar refractivity (Wildman–Crippen MR) is 124 cm³/mol. The molecular weight excluding hydrogens is 404 g/mol. The average Bonchev–Trinajstić information content (AvgIpc) is 2.81. The second-order valence-electron chi connectivity index (χ2n) is 7.02. The van der Waals surface area contributed by atoms with Crippen LogP contribution in [0.5, 0.6) is 11.5 Å². The average molecular weight is 424 g/mol. The molecule has 0 atom stereocenters. The van der Waals surface area contributed by atoms with E-state index in [2.05, 4.69) is 0 Å². The summed E-state index contributed by atoms with van der Waals surface area (Å²) in [5.41, 5.74) is 14.4. The summed E-state index contributed by atoms with van der Waals surface area (Å²) in [6.07, 6.45) is 0. The predicted octanol–water partition coefficient (Wildman–Crippen LogP) is 4.96. The summed E-state index contributed by atoms with van der Waals surface area (Å²) < 4.78 is 11.3. The van der Waals surface area contributed by atoms with E-state index in [9.17, 15) is 9.59 Å². The summed E-state index contributed by atoms with van der Waals surface area (Å²) >= 11 is 0. The molecule has 4 aromatic rings. The highest BCUT2D eigenvalue weighted by molar-refractivity contribution is 5.94. The first-order valence-corrected chi connectivity index (χ1v) is 9.85. The van der Waals surface area contributed by atoms with Gasteiger partial charge in [-0.1, -0.05) is 36.4 Å². The first-order valence-electron chi connectivity index (χ1n) is 9.85. The molecule has 6 heteroatoms. The summed E-state index contributed by atoms with van der Waals surface area (Å²) in [6.45, 7) is 0. The number of nitrogens with two attached hydrogens (primary N) is 2. The number of benzene rings is 4. The molecule has 0 unspecified atom stereocenters. The van der Waals surface area contributed by atoms with Gasteiger partial charge in [0.25, 0.3) is 0 Å². The van der Waals surface area contributed by atoms with Gasteiger partial charge in [-0.3, -0.25) is 0 Å². The molecule has 0 amide bonds. The van der Waals surface area contributed by atoms with E-state index in [0.29, 0.717) is 45.1 Å². The Balaban J connectivity index is 1.63. The van der Waals surface area contributed by atoms with Crippen molar-refractivity contribution >= 4 is 23.3 Å². The van der Waals surface area contributed by atoms with Gasteiger partial charge in [-0.25, -0.2) is 9.59 Å². The third-order valence-corrected chi connectivity index (χ3v) is 4.76. The number of rotatable bonds is 5. The van der Waals surface area contributed by atoms with Crippen molar-refractivity contribution in [3.63, 3.8) is 0 Å². The van der Waals surface area contributed by atoms with E-state index in [1.807, 2.05) is 12.1 Å². The van der Waals surface area contributed by atoms with Crippen LogP contribution in [0.3, 0.4) is 0 Å². The Morgan fingerprint density at radius 3 is 1.22 bits per heavy atom. The fraction of sp³-hybridized carbons (Fsp3) is 0. The zero-order valence-electron chi connectivity index (χ0n) is 17.0. The number of esters is 2. The lowest BCUT2D eigenvalue weighted by atomic mass is 10.0. The van der Waals surface area contributed by atoms with E-state index >= 15 is 0 Å².